The highest BCUT2D eigenvalue weighted by atomic mass is 32.1. The quantitative estimate of drug-likeness (QED) is 0.393. The van der Waals surface area contributed by atoms with Crippen LogP contribution < -0.4 is 15.4 Å². The minimum absolute atomic E-state index is 0.118. The first kappa shape index (κ1) is 22.2. The molecule has 2 N–H and O–H groups in total. The molecule has 6 nitrogen and oxygen atoms in total. The van der Waals surface area contributed by atoms with E-state index in [4.69, 9.17) is 4.74 Å². The molecule has 4 aromatic rings. The van der Waals surface area contributed by atoms with Crippen molar-refractivity contribution >= 4 is 28.8 Å². The molecular formula is C26H23N3O3S. The number of rotatable bonds is 8. The van der Waals surface area contributed by atoms with Crippen molar-refractivity contribution in [1.29, 1.82) is 0 Å². The number of thiazole rings is 1. The molecule has 0 saturated carbocycles. The summed E-state index contributed by atoms with van der Waals surface area (Å²) in [5.41, 5.74) is 3.53. The lowest BCUT2D eigenvalue weighted by molar-refractivity contribution is -0.115. The lowest BCUT2D eigenvalue weighted by atomic mass is 10.1. The summed E-state index contributed by atoms with van der Waals surface area (Å²) in [6.45, 7) is 0.412. The number of benzene rings is 3. The van der Waals surface area contributed by atoms with Gasteiger partial charge in [0.05, 0.1) is 30.5 Å². The Hall–Kier alpha value is -3.97. The molecule has 0 saturated heterocycles. The Morgan fingerprint density at radius 2 is 1.67 bits per heavy atom. The summed E-state index contributed by atoms with van der Waals surface area (Å²) in [6.07, 6.45) is 0.118. The average molecular weight is 458 g/mol. The summed E-state index contributed by atoms with van der Waals surface area (Å²) in [4.78, 5) is 29.9. The van der Waals surface area contributed by atoms with Crippen LogP contribution in [-0.4, -0.2) is 23.9 Å². The molecule has 33 heavy (non-hydrogen) atoms. The number of amides is 2. The summed E-state index contributed by atoms with van der Waals surface area (Å²) in [7, 11) is 1.63. The van der Waals surface area contributed by atoms with Gasteiger partial charge in [-0.3, -0.25) is 9.59 Å². The zero-order chi connectivity index (χ0) is 23.0. The van der Waals surface area contributed by atoms with E-state index in [0.717, 1.165) is 21.9 Å². The molecule has 3 aromatic carbocycles. The highest BCUT2D eigenvalue weighted by molar-refractivity contribution is 7.13. The first-order valence-corrected chi connectivity index (χ1v) is 11.3. The number of aromatic nitrogens is 1. The van der Waals surface area contributed by atoms with Crippen molar-refractivity contribution in [2.75, 3.05) is 12.4 Å². The first-order chi connectivity index (χ1) is 16.1. The standard InChI is InChI=1S/C26H23N3O3S/c1-32-21-13-11-19(12-14-21)26-28-20(17-33-26)15-24(30)29-23-10-6-5-9-22(23)25(31)27-16-18-7-3-2-4-8-18/h2-14,17H,15-16H2,1H3,(H,27,31)(H,29,30). The predicted octanol–water partition coefficient (Wildman–Crippen LogP) is 4.93. The molecule has 0 fully saturated rings. The minimum atomic E-state index is -0.245. The van der Waals surface area contributed by atoms with Crippen LogP contribution in [0, 0.1) is 0 Å². The van der Waals surface area contributed by atoms with E-state index in [2.05, 4.69) is 15.6 Å². The zero-order valence-corrected chi connectivity index (χ0v) is 18.9. The third-order valence-corrected chi connectivity index (χ3v) is 5.91. The smallest absolute Gasteiger partial charge is 0.253 e. The van der Waals surface area contributed by atoms with Crippen LogP contribution in [0.15, 0.2) is 84.2 Å². The highest BCUT2D eigenvalue weighted by Gasteiger charge is 2.15. The number of carbonyl (C=O) groups excluding carboxylic acids is 2. The third-order valence-electron chi connectivity index (χ3n) is 4.97. The van der Waals surface area contributed by atoms with E-state index in [1.807, 2.05) is 60.0 Å². The third kappa shape index (κ3) is 5.84. The highest BCUT2D eigenvalue weighted by Crippen LogP contribution is 2.26. The van der Waals surface area contributed by atoms with Crippen LogP contribution in [-0.2, 0) is 17.8 Å². The van der Waals surface area contributed by atoms with Crippen LogP contribution in [0.25, 0.3) is 10.6 Å². The van der Waals surface area contributed by atoms with Gasteiger partial charge in [-0.2, -0.15) is 0 Å². The number of carbonyl (C=O) groups is 2. The number of methoxy groups -OCH3 is 1. The van der Waals surface area contributed by atoms with E-state index in [9.17, 15) is 9.59 Å². The minimum Gasteiger partial charge on any atom is -0.497 e. The van der Waals surface area contributed by atoms with E-state index in [0.29, 0.717) is 23.5 Å². The maximum Gasteiger partial charge on any atom is 0.253 e. The zero-order valence-electron chi connectivity index (χ0n) is 18.1. The molecule has 0 aliphatic heterocycles. The number of hydrogen-bond donors (Lipinski definition) is 2. The number of anilines is 1. The van der Waals surface area contributed by atoms with Gasteiger partial charge in [0.1, 0.15) is 10.8 Å². The molecule has 2 amide bonds. The summed E-state index contributed by atoms with van der Waals surface area (Å²) in [5, 5.41) is 8.46. The molecule has 0 atom stereocenters. The summed E-state index contributed by atoms with van der Waals surface area (Å²) < 4.78 is 5.19. The number of nitrogens with one attached hydrogen (secondary N) is 2. The molecular weight excluding hydrogens is 434 g/mol. The average Bonchev–Trinajstić information content (AvgIpc) is 3.32. The summed E-state index contributed by atoms with van der Waals surface area (Å²) in [6, 6.07) is 24.3. The van der Waals surface area contributed by atoms with Crippen LogP contribution in [0.5, 0.6) is 5.75 Å². The lowest BCUT2D eigenvalue weighted by Gasteiger charge is -2.11. The number of ether oxygens (including phenoxy) is 1. The molecule has 0 aliphatic carbocycles. The van der Waals surface area contributed by atoms with E-state index < -0.39 is 0 Å². The SMILES string of the molecule is COc1ccc(-c2nc(CC(=O)Nc3ccccc3C(=O)NCc3ccccc3)cs2)cc1. The van der Waals surface area contributed by atoms with Gasteiger partial charge in [0.2, 0.25) is 5.91 Å². The summed E-state index contributed by atoms with van der Waals surface area (Å²) >= 11 is 1.48. The number of hydrogen-bond acceptors (Lipinski definition) is 5. The van der Waals surface area contributed by atoms with Crippen molar-refractivity contribution < 1.29 is 14.3 Å². The van der Waals surface area contributed by atoms with Crippen molar-refractivity contribution in [3.05, 3.63) is 101 Å². The second-order valence-corrected chi connectivity index (χ2v) is 8.17. The normalized spacial score (nSPS) is 10.5. The van der Waals surface area contributed by atoms with Crippen LogP contribution in [0.3, 0.4) is 0 Å². The van der Waals surface area contributed by atoms with Crippen LogP contribution in [0.1, 0.15) is 21.6 Å². The number of para-hydroxylation sites is 1. The van der Waals surface area contributed by atoms with E-state index >= 15 is 0 Å². The van der Waals surface area contributed by atoms with Crippen molar-refractivity contribution in [1.82, 2.24) is 10.3 Å². The van der Waals surface area contributed by atoms with Gasteiger partial charge in [0.15, 0.2) is 0 Å². The Balaban J connectivity index is 1.39. The van der Waals surface area contributed by atoms with Gasteiger partial charge in [-0.15, -0.1) is 11.3 Å². The fourth-order valence-corrected chi connectivity index (χ4v) is 4.10. The maximum atomic E-state index is 12.7. The fraction of sp³-hybridized carbons (Fsp3) is 0.115. The molecule has 0 aliphatic rings. The Labute approximate surface area is 196 Å². The fourth-order valence-electron chi connectivity index (χ4n) is 3.28. The molecule has 0 spiro atoms. The lowest BCUT2D eigenvalue weighted by Crippen LogP contribution is -2.25. The van der Waals surface area contributed by atoms with Gasteiger partial charge >= 0.3 is 0 Å². The van der Waals surface area contributed by atoms with Crippen molar-refractivity contribution in [3.8, 4) is 16.3 Å². The van der Waals surface area contributed by atoms with Crippen molar-refractivity contribution in [3.63, 3.8) is 0 Å². The second kappa shape index (κ2) is 10.6. The molecule has 0 radical (unpaired) electrons. The van der Waals surface area contributed by atoms with Gasteiger partial charge in [0.25, 0.3) is 5.91 Å². The molecule has 1 aromatic heterocycles. The second-order valence-electron chi connectivity index (χ2n) is 7.31. The van der Waals surface area contributed by atoms with Gasteiger partial charge in [0, 0.05) is 17.5 Å². The molecule has 4 rings (SSSR count). The van der Waals surface area contributed by atoms with Crippen LogP contribution in [0.2, 0.25) is 0 Å². The largest absolute Gasteiger partial charge is 0.497 e. The Kier molecular flexibility index (Phi) is 7.12. The van der Waals surface area contributed by atoms with Crippen molar-refractivity contribution in [2.24, 2.45) is 0 Å². The van der Waals surface area contributed by atoms with Gasteiger partial charge in [-0.1, -0.05) is 42.5 Å². The van der Waals surface area contributed by atoms with Crippen LogP contribution >= 0.6 is 11.3 Å². The molecule has 166 valence electrons. The molecule has 0 unspecified atom stereocenters. The molecule has 1 heterocycles. The van der Waals surface area contributed by atoms with Crippen LogP contribution in [0.4, 0.5) is 5.69 Å². The summed E-state index contributed by atoms with van der Waals surface area (Å²) in [5.74, 6) is 0.302. The number of nitrogens with zero attached hydrogens (tertiary/aromatic N) is 1. The Morgan fingerprint density at radius 3 is 2.42 bits per heavy atom. The van der Waals surface area contributed by atoms with E-state index in [1.54, 1.807) is 31.4 Å². The Bertz CT molecular complexity index is 1240. The van der Waals surface area contributed by atoms with E-state index in [1.165, 1.54) is 11.3 Å². The maximum absolute atomic E-state index is 12.7. The topological polar surface area (TPSA) is 80.3 Å². The molecule has 7 heteroatoms. The van der Waals surface area contributed by atoms with Gasteiger partial charge < -0.3 is 15.4 Å². The Morgan fingerprint density at radius 1 is 0.939 bits per heavy atom. The first-order valence-electron chi connectivity index (χ1n) is 10.4. The van der Waals surface area contributed by atoms with E-state index in [-0.39, 0.29) is 18.2 Å². The van der Waals surface area contributed by atoms with Crippen molar-refractivity contribution in [2.45, 2.75) is 13.0 Å². The predicted molar refractivity (Wildman–Crippen MR) is 130 cm³/mol. The van der Waals surface area contributed by atoms with Gasteiger partial charge in [-0.25, -0.2) is 4.98 Å². The monoisotopic (exact) mass is 457 g/mol. The van der Waals surface area contributed by atoms with Gasteiger partial charge in [-0.05, 0) is 42.0 Å². The molecule has 0 bridgehead atoms.